The van der Waals surface area contributed by atoms with Gasteiger partial charge in [-0.25, -0.2) is 70.2 Å². The molecule has 0 radical (unpaired) electrons. The topological polar surface area (TPSA) is 0 Å². The highest BCUT2D eigenvalue weighted by molar-refractivity contribution is 6.98. The second-order valence-corrected chi connectivity index (χ2v) is 8.83. The van der Waals surface area contributed by atoms with Gasteiger partial charge in [0, 0.05) is 10.8 Å². The van der Waals surface area contributed by atoms with Gasteiger partial charge in [0.05, 0.1) is 10.8 Å². The smallest absolute Gasteiger partial charge is 0.204 e. The molecule has 0 bridgehead atoms. The van der Waals surface area contributed by atoms with Gasteiger partial charge in [0.2, 0.25) is 0 Å². The molecule has 17 heteroatoms. The molecule has 0 nitrogen and oxygen atoms in total. The fourth-order valence-electron chi connectivity index (χ4n) is 4.76. The Labute approximate surface area is 226 Å². The van der Waals surface area contributed by atoms with E-state index in [2.05, 4.69) is 0 Å². The number of rotatable bonds is 3. The van der Waals surface area contributed by atoms with Crippen LogP contribution in [0.2, 0.25) is 0 Å². The van der Waals surface area contributed by atoms with Gasteiger partial charge in [-0.2, -0.15) is 0 Å². The molecule has 0 unspecified atom stereocenters. The van der Waals surface area contributed by atoms with E-state index in [0.717, 1.165) is 0 Å². The first-order chi connectivity index (χ1) is 20.0. The maximum Gasteiger partial charge on any atom is 0.251 e. The maximum atomic E-state index is 15.5. The fraction of sp³-hybridized carbons (Fsp3) is 0. The van der Waals surface area contributed by atoms with Crippen molar-refractivity contribution in [3.05, 3.63) is 111 Å². The van der Waals surface area contributed by atoms with Gasteiger partial charge in [0.25, 0.3) is 6.71 Å². The summed E-state index contributed by atoms with van der Waals surface area (Å²) in [4.78, 5) is 0. The van der Waals surface area contributed by atoms with Gasteiger partial charge in [-0.15, -0.1) is 0 Å². The Hall–Kier alpha value is -4.44. The predicted molar refractivity (Wildman–Crippen MR) is 118 cm³/mol. The number of benzene rings is 5. The molecular weight excluding hydrogens is 627 g/mol. The molecule has 5 aromatic rings. The van der Waals surface area contributed by atoms with Crippen LogP contribution in [0, 0.1) is 93.1 Å². The van der Waals surface area contributed by atoms with Crippen LogP contribution in [0.4, 0.5) is 70.2 Å². The molecule has 222 valence electrons. The Morgan fingerprint density at radius 2 is 0.605 bits per heavy atom. The first-order valence-electron chi connectivity index (χ1n) is 11.1. The molecule has 5 aromatic carbocycles. The second kappa shape index (κ2) is 10.1. The highest BCUT2D eigenvalue weighted by atomic mass is 19.2. The second-order valence-electron chi connectivity index (χ2n) is 8.83. The van der Waals surface area contributed by atoms with Gasteiger partial charge >= 0.3 is 0 Å². The monoisotopic (exact) mass is 630 g/mol. The molecule has 0 aliphatic heterocycles. The summed E-state index contributed by atoms with van der Waals surface area (Å²) in [6.07, 6.45) is 0. The summed E-state index contributed by atoms with van der Waals surface area (Å²) in [6, 6.07) is 0.289. The minimum atomic E-state index is -3.25. The summed E-state index contributed by atoms with van der Waals surface area (Å²) in [5.41, 5.74) is -5.55. The average molecular weight is 630 g/mol. The van der Waals surface area contributed by atoms with Crippen molar-refractivity contribution in [2.24, 2.45) is 0 Å². The van der Waals surface area contributed by atoms with Crippen LogP contribution in [0.5, 0.6) is 0 Å². The Bertz CT molecular complexity index is 1920. The molecule has 0 amide bonds. The van der Waals surface area contributed by atoms with Crippen LogP contribution in [-0.2, 0) is 0 Å². The van der Waals surface area contributed by atoms with Crippen molar-refractivity contribution in [1.29, 1.82) is 0 Å². The average Bonchev–Trinajstić information content (AvgIpc) is 2.97. The van der Waals surface area contributed by atoms with Crippen molar-refractivity contribution in [2.45, 2.75) is 0 Å². The van der Waals surface area contributed by atoms with E-state index in [1.54, 1.807) is 0 Å². The van der Waals surface area contributed by atoms with Crippen molar-refractivity contribution in [3.63, 3.8) is 0 Å². The summed E-state index contributed by atoms with van der Waals surface area (Å²) in [6.45, 7) is -3.25. The number of hydrogen-bond acceptors (Lipinski definition) is 0. The zero-order chi connectivity index (χ0) is 32.0. The third-order valence-electron chi connectivity index (χ3n) is 6.61. The maximum absolute atomic E-state index is 15.5. The highest BCUT2D eigenvalue weighted by Gasteiger charge is 2.41. The third-order valence-corrected chi connectivity index (χ3v) is 6.61. The SMILES string of the molecule is Fc1ccc(B(c2c(F)c(F)c(F)c3c(F)c(F)c(F)c(F)c23)c2c(F)c(F)c(F)c3c(F)c(F)c(F)c(F)c23)cc1F. The Kier molecular flexibility index (Phi) is 7.05. The molecule has 0 saturated heterocycles. The predicted octanol–water partition coefficient (Wildman–Crippen LogP) is 6.73. The highest BCUT2D eigenvalue weighted by Crippen LogP contribution is 2.34. The standard InChI is InChI=1S/C26H3BF16/c28-5-2-1-4(3-6(5)29)27(11-7-9(15(32)21(38)19(11)36)17(34)25(42)23(40)13(7)30)12-8-10(16(33)22(39)20(12)37)18(35)26(43)24(41)14(8)31/h1-3H. The normalized spacial score (nSPS) is 11.7. The molecule has 0 fully saturated rings. The molecule has 0 aliphatic rings. The number of fused-ring (bicyclic) bond motifs is 2. The van der Waals surface area contributed by atoms with Crippen LogP contribution < -0.4 is 16.4 Å². The van der Waals surface area contributed by atoms with E-state index < -0.39 is 138 Å². The van der Waals surface area contributed by atoms with E-state index in [4.69, 9.17) is 0 Å². The molecule has 0 N–H and O–H groups in total. The lowest BCUT2D eigenvalue weighted by Gasteiger charge is -2.23. The summed E-state index contributed by atoms with van der Waals surface area (Å²) in [5, 5.41) is -8.81. The van der Waals surface area contributed by atoms with E-state index in [0.29, 0.717) is 0 Å². The van der Waals surface area contributed by atoms with E-state index >= 15 is 17.6 Å². The van der Waals surface area contributed by atoms with E-state index in [1.165, 1.54) is 0 Å². The molecule has 43 heavy (non-hydrogen) atoms. The van der Waals surface area contributed by atoms with Crippen molar-refractivity contribution in [2.75, 3.05) is 0 Å². The molecule has 0 aliphatic carbocycles. The number of halogens is 16. The van der Waals surface area contributed by atoms with Gasteiger partial charge in [-0.05, 0) is 23.1 Å². The Morgan fingerprint density at radius 1 is 0.302 bits per heavy atom. The van der Waals surface area contributed by atoms with E-state index in [-0.39, 0.29) is 18.2 Å². The van der Waals surface area contributed by atoms with E-state index in [1.807, 2.05) is 0 Å². The van der Waals surface area contributed by atoms with Crippen LogP contribution in [-0.4, -0.2) is 6.71 Å². The van der Waals surface area contributed by atoms with Crippen molar-refractivity contribution >= 4 is 44.6 Å². The lowest BCUT2D eigenvalue weighted by Crippen LogP contribution is -2.56. The third kappa shape index (κ3) is 4.03. The Morgan fingerprint density at radius 3 is 0.930 bits per heavy atom. The molecule has 0 atom stereocenters. The van der Waals surface area contributed by atoms with E-state index in [9.17, 15) is 52.7 Å². The van der Waals surface area contributed by atoms with Crippen molar-refractivity contribution in [1.82, 2.24) is 0 Å². The van der Waals surface area contributed by atoms with Crippen LogP contribution in [0.25, 0.3) is 21.5 Å². The fourth-order valence-corrected chi connectivity index (χ4v) is 4.76. The first-order valence-corrected chi connectivity index (χ1v) is 11.1. The zero-order valence-electron chi connectivity index (χ0n) is 19.9. The minimum Gasteiger partial charge on any atom is -0.204 e. The summed E-state index contributed by atoms with van der Waals surface area (Å²) >= 11 is 0. The van der Waals surface area contributed by atoms with Gasteiger partial charge in [-0.3, -0.25) is 0 Å². The lowest BCUT2D eigenvalue weighted by molar-refractivity contribution is 0.411. The van der Waals surface area contributed by atoms with Gasteiger partial charge in [0.1, 0.15) is 0 Å². The van der Waals surface area contributed by atoms with Crippen LogP contribution in [0.1, 0.15) is 0 Å². The van der Waals surface area contributed by atoms with Crippen molar-refractivity contribution < 1.29 is 70.2 Å². The van der Waals surface area contributed by atoms with Crippen molar-refractivity contribution in [3.8, 4) is 0 Å². The Balaban J connectivity index is 2.17. The largest absolute Gasteiger partial charge is 0.251 e. The quantitative estimate of drug-likeness (QED) is 0.0898. The molecule has 0 heterocycles. The number of hydrogen-bond donors (Lipinski definition) is 0. The molecular formula is C26H3BF16. The minimum absolute atomic E-state index is 0.0959. The van der Waals surface area contributed by atoms with Crippen LogP contribution in [0.3, 0.4) is 0 Å². The molecule has 0 aromatic heterocycles. The van der Waals surface area contributed by atoms with Gasteiger partial charge in [0.15, 0.2) is 93.1 Å². The summed E-state index contributed by atoms with van der Waals surface area (Å²) < 4.78 is 234. The van der Waals surface area contributed by atoms with Gasteiger partial charge < -0.3 is 0 Å². The molecule has 5 rings (SSSR count). The summed E-state index contributed by atoms with van der Waals surface area (Å²) in [7, 11) is 0. The van der Waals surface area contributed by atoms with Crippen LogP contribution in [0.15, 0.2) is 18.2 Å². The van der Waals surface area contributed by atoms with Crippen LogP contribution >= 0.6 is 0 Å². The first kappa shape index (κ1) is 30.0. The zero-order valence-corrected chi connectivity index (χ0v) is 19.9. The lowest BCUT2D eigenvalue weighted by atomic mass is 9.35. The van der Waals surface area contributed by atoms with Gasteiger partial charge in [-0.1, -0.05) is 11.5 Å². The summed E-state index contributed by atoms with van der Waals surface area (Å²) in [5.74, 6) is -42.8. The molecule has 0 saturated carbocycles. The molecule has 0 spiro atoms.